The summed E-state index contributed by atoms with van der Waals surface area (Å²) in [6.07, 6.45) is 5.87. The number of ether oxygens (including phenoxy) is 1. The Labute approximate surface area is 301 Å². The van der Waals surface area contributed by atoms with Gasteiger partial charge in [0, 0.05) is 43.0 Å². The van der Waals surface area contributed by atoms with Crippen molar-refractivity contribution >= 4 is 46.3 Å². The van der Waals surface area contributed by atoms with Gasteiger partial charge in [0.1, 0.15) is 24.2 Å². The molecule has 0 aliphatic carbocycles. The quantitative estimate of drug-likeness (QED) is 0.189. The van der Waals surface area contributed by atoms with Crippen LogP contribution in [0.3, 0.4) is 0 Å². The normalized spacial score (nSPS) is 22.1. The van der Waals surface area contributed by atoms with Crippen molar-refractivity contribution in [3.63, 3.8) is 0 Å². The highest BCUT2D eigenvalue weighted by molar-refractivity contribution is 5.96. The van der Waals surface area contributed by atoms with Crippen molar-refractivity contribution in [2.24, 2.45) is 11.7 Å². The summed E-state index contributed by atoms with van der Waals surface area (Å²) in [5, 5.41) is 19.8. The van der Waals surface area contributed by atoms with E-state index in [1.165, 1.54) is 11.1 Å². The number of aromatic amines is 1. The number of aromatic nitrogens is 4. The number of hydrogen-bond acceptors (Lipinski definition) is 9. The molecular weight excluding hydrogens is 672 g/mol. The van der Waals surface area contributed by atoms with E-state index >= 15 is 0 Å². The number of carbonyl (C=O) groups is 6. The number of H-pyrrole nitrogens is 1. The minimum atomic E-state index is -1.29. The highest BCUT2D eigenvalue weighted by Gasteiger charge is 2.37. The first-order valence-corrected chi connectivity index (χ1v) is 17.8. The second-order valence-corrected chi connectivity index (χ2v) is 13.7. The Morgan fingerprint density at radius 1 is 1.06 bits per heavy atom. The van der Waals surface area contributed by atoms with Gasteiger partial charge in [0.2, 0.25) is 35.4 Å². The van der Waals surface area contributed by atoms with Crippen molar-refractivity contribution in [1.82, 2.24) is 46.1 Å². The van der Waals surface area contributed by atoms with Crippen LogP contribution in [-0.4, -0.2) is 104 Å². The van der Waals surface area contributed by atoms with E-state index in [1.54, 1.807) is 10.9 Å². The summed E-state index contributed by atoms with van der Waals surface area (Å²) in [5.41, 5.74) is 7.80. The first kappa shape index (κ1) is 37.9. The molecule has 2 aliphatic heterocycles. The van der Waals surface area contributed by atoms with Gasteiger partial charge in [-0.1, -0.05) is 37.3 Å². The molecule has 1 aromatic carbocycles. The summed E-state index contributed by atoms with van der Waals surface area (Å²) in [5.74, 6) is -3.27. The van der Waals surface area contributed by atoms with E-state index in [0.717, 1.165) is 16.5 Å². The molecule has 2 aromatic heterocycles. The highest BCUT2D eigenvalue weighted by Crippen LogP contribution is 2.21. The Balaban J connectivity index is 1.44. The summed E-state index contributed by atoms with van der Waals surface area (Å²) in [7, 11) is 0. The van der Waals surface area contributed by atoms with Crippen molar-refractivity contribution in [2.45, 2.75) is 96.1 Å². The second-order valence-electron chi connectivity index (χ2n) is 13.7. The lowest BCUT2D eigenvalue weighted by molar-refractivity contribution is -0.140. The fraction of sp³-hybridized carbons (Fsp3) is 0.543. The largest absolute Gasteiger partial charge is 0.372 e. The molecule has 4 heterocycles. The van der Waals surface area contributed by atoms with Gasteiger partial charge in [-0.3, -0.25) is 28.8 Å². The minimum Gasteiger partial charge on any atom is -0.372 e. The van der Waals surface area contributed by atoms with Gasteiger partial charge in [-0.15, -0.1) is 5.10 Å². The predicted octanol–water partition coefficient (Wildman–Crippen LogP) is -0.204. The average molecular weight is 721 g/mol. The molecular formula is C35H48N10O7. The Morgan fingerprint density at radius 3 is 2.65 bits per heavy atom. The monoisotopic (exact) mass is 720 g/mol. The molecule has 7 N–H and O–H groups in total. The van der Waals surface area contributed by atoms with Crippen LogP contribution in [0.2, 0.25) is 0 Å². The third-order valence-corrected chi connectivity index (χ3v) is 9.30. The van der Waals surface area contributed by atoms with E-state index in [-0.39, 0.29) is 50.8 Å². The number of amides is 6. The van der Waals surface area contributed by atoms with E-state index in [0.29, 0.717) is 44.5 Å². The molecule has 0 saturated carbocycles. The van der Waals surface area contributed by atoms with Crippen molar-refractivity contribution in [3.05, 3.63) is 47.9 Å². The summed E-state index contributed by atoms with van der Waals surface area (Å²) in [6.45, 7) is 3.98. The third kappa shape index (κ3) is 9.92. The molecule has 1 saturated heterocycles. The fourth-order valence-electron chi connectivity index (χ4n) is 6.55. The van der Waals surface area contributed by atoms with Gasteiger partial charge in [-0.05, 0) is 49.7 Å². The molecule has 0 unspecified atom stereocenters. The van der Waals surface area contributed by atoms with Gasteiger partial charge >= 0.3 is 0 Å². The van der Waals surface area contributed by atoms with Gasteiger partial charge < -0.3 is 41.6 Å². The molecule has 6 amide bonds. The number of nitrogens with one attached hydrogen (secondary N) is 5. The van der Waals surface area contributed by atoms with Gasteiger partial charge in [0.25, 0.3) is 0 Å². The van der Waals surface area contributed by atoms with E-state index in [4.69, 9.17) is 10.5 Å². The SMILES string of the molecule is CC(C)C[C@H](NC(=O)[C@@H]1COCc2cnnn2CCCCC(=O)NCC(=O)N2CCC[C@H]2C(=O)N[C@@H](Cc2c[nH]c3ccccc23)C(=O)N1)C(N)=O. The van der Waals surface area contributed by atoms with Crippen LogP contribution in [0.25, 0.3) is 10.9 Å². The number of fused-ring (bicyclic) bond motifs is 3. The predicted molar refractivity (Wildman–Crippen MR) is 188 cm³/mol. The maximum atomic E-state index is 14.2. The molecule has 280 valence electrons. The summed E-state index contributed by atoms with van der Waals surface area (Å²) >= 11 is 0. The molecule has 0 radical (unpaired) electrons. The number of carbonyl (C=O) groups excluding carboxylic acids is 6. The van der Waals surface area contributed by atoms with E-state index < -0.39 is 53.7 Å². The first-order valence-electron chi connectivity index (χ1n) is 17.8. The summed E-state index contributed by atoms with van der Waals surface area (Å²) < 4.78 is 7.56. The smallest absolute Gasteiger partial charge is 0.245 e. The number of nitrogens with two attached hydrogens (primary N) is 1. The van der Waals surface area contributed by atoms with Crippen LogP contribution in [0.15, 0.2) is 36.7 Å². The van der Waals surface area contributed by atoms with E-state index in [9.17, 15) is 28.8 Å². The molecule has 17 nitrogen and oxygen atoms in total. The zero-order chi connectivity index (χ0) is 37.2. The number of hydrogen-bond donors (Lipinski definition) is 6. The Morgan fingerprint density at radius 2 is 1.87 bits per heavy atom. The molecule has 1 fully saturated rings. The lowest BCUT2D eigenvalue weighted by Crippen LogP contribution is -2.59. The zero-order valence-electron chi connectivity index (χ0n) is 29.6. The van der Waals surface area contributed by atoms with Crippen LogP contribution in [-0.2, 0) is 53.1 Å². The van der Waals surface area contributed by atoms with Crippen LogP contribution in [0.4, 0.5) is 0 Å². The minimum absolute atomic E-state index is 0.00644. The van der Waals surface area contributed by atoms with Crippen LogP contribution >= 0.6 is 0 Å². The lowest BCUT2D eigenvalue weighted by Gasteiger charge is -2.28. The van der Waals surface area contributed by atoms with E-state index in [2.05, 4.69) is 36.6 Å². The summed E-state index contributed by atoms with van der Waals surface area (Å²) in [6, 6.07) is 3.20. The Kier molecular flexibility index (Phi) is 12.9. The van der Waals surface area contributed by atoms with Gasteiger partial charge in [0.05, 0.1) is 31.6 Å². The zero-order valence-corrected chi connectivity index (χ0v) is 29.6. The molecule has 4 atom stereocenters. The number of nitrogens with zero attached hydrogens (tertiary/aromatic N) is 4. The van der Waals surface area contributed by atoms with Crippen molar-refractivity contribution in [2.75, 3.05) is 19.7 Å². The number of aryl methyl sites for hydroxylation is 1. The number of primary amides is 1. The lowest BCUT2D eigenvalue weighted by atomic mass is 10.0. The summed E-state index contributed by atoms with van der Waals surface area (Å²) in [4.78, 5) is 84.4. The Bertz CT molecular complexity index is 1750. The van der Waals surface area contributed by atoms with Crippen LogP contribution < -0.4 is 27.0 Å². The van der Waals surface area contributed by atoms with Crippen LogP contribution in [0.1, 0.15) is 63.6 Å². The average Bonchev–Trinajstić information content (AvgIpc) is 3.88. The first-order chi connectivity index (χ1) is 25.0. The van der Waals surface area contributed by atoms with Gasteiger partial charge in [-0.2, -0.15) is 0 Å². The molecule has 52 heavy (non-hydrogen) atoms. The standard InChI is InChI=1S/C35H48N10O7/c1-21(2)14-26(32(36)48)40-34(50)28-20-52-19-23-17-39-43-45(23)13-6-5-11-30(46)38-18-31(47)44-12-7-10-29(44)35(51)41-27(33(49)42-28)15-22-16-37-25-9-4-3-8-24(22)25/h3-4,8-9,16-17,21,26-29,37H,5-7,10-15,18-20H2,1-2H3,(H2,36,48)(H,38,46)(H,40,50)(H,41,51)(H,42,49)/t26-,27-,28-,29-/m0/s1. The maximum absolute atomic E-state index is 14.2. The van der Waals surface area contributed by atoms with E-state index in [1.807, 2.05) is 38.1 Å². The number of benzene rings is 1. The highest BCUT2D eigenvalue weighted by atomic mass is 16.5. The van der Waals surface area contributed by atoms with Crippen molar-refractivity contribution in [3.8, 4) is 0 Å². The van der Waals surface area contributed by atoms with Gasteiger partial charge in [-0.25, -0.2) is 4.68 Å². The topological polar surface area (TPSA) is 236 Å². The van der Waals surface area contributed by atoms with Crippen LogP contribution in [0.5, 0.6) is 0 Å². The van der Waals surface area contributed by atoms with Crippen molar-refractivity contribution < 1.29 is 33.5 Å². The number of rotatable bonds is 7. The van der Waals surface area contributed by atoms with Crippen LogP contribution in [0, 0.1) is 5.92 Å². The second kappa shape index (κ2) is 17.7. The van der Waals surface area contributed by atoms with Gasteiger partial charge in [0.15, 0.2) is 0 Å². The molecule has 5 rings (SSSR count). The molecule has 17 heteroatoms. The third-order valence-electron chi connectivity index (χ3n) is 9.30. The fourth-order valence-corrected chi connectivity index (χ4v) is 6.55. The molecule has 2 aliphatic rings. The number of para-hydroxylation sites is 1. The van der Waals surface area contributed by atoms with Crippen molar-refractivity contribution in [1.29, 1.82) is 0 Å². The molecule has 3 aromatic rings. The molecule has 0 bridgehead atoms. The maximum Gasteiger partial charge on any atom is 0.245 e. The Hall–Kier alpha value is -5.32. The molecule has 0 spiro atoms.